The fraction of sp³-hybridized carbons (Fsp3) is 0.514. The highest BCUT2D eigenvalue weighted by molar-refractivity contribution is 7.17. The van der Waals surface area contributed by atoms with Crippen LogP contribution in [-0.4, -0.2) is 101 Å². The number of alkyl halides is 3. The number of halogens is 4. The fourth-order valence-electron chi connectivity index (χ4n) is 7.32. The summed E-state index contributed by atoms with van der Waals surface area (Å²) >= 11 is 8.15. The molecule has 1 aliphatic carbocycles. The molecule has 1 atom stereocenters. The number of carbonyl (C=O) groups excluding carboxylic acids is 2. The zero-order valence-electron chi connectivity index (χ0n) is 27.0. The molecule has 2 saturated heterocycles. The van der Waals surface area contributed by atoms with E-state index in [4.69, 9.17) is 16.3 Å². The molecule has 2 aliphatic heterocycles. The van der Waals surface area contributed by atoms with Crippen LogP contribution in [0.5, 0.6) is 0 Å². The molecular weight excluding hydrogens is 681 g/mol. The monoisotopic (exact) mass is 720 g/mol. The van der Waals surface area contributed by atoms with E-state index >= 15 is 0 Å². The number of benzene rings is 2. The zero-order chi connectivity index (χ0) is 34.8. The van der Waals surface area contributed by atoms with Crippen molar-refractivity contribution in [3.05, 3.63) is 64.0 Å². The molecule has 14 heteroatoms. The third kappa shape index (κ3) is 8.13. The van der Waals surface area contributed by atoms with Gasteiger partial charge in [-0.15, -0.1) is 11.3 Å². The Balaban J connectivity index is 1.24. The van der Waals surface area contributed by atoms with Gasteiger partial charge in [0.25, 0.3) is 5.91 Å². The van der Waals surface area contributed by atoms with Gasteiger partial charge in [0.1, 0.15) is 0 Å². The second-order valence-electron chi connectivity index (χ2n) is 13.1. The predicted molar refractivity (Wildman–Crippen MR) is 182 cm³/mol. The number of hydrogen-bond donors (Lipinski definition) is 2. The van der Waals surface area contributed by atoms with Crippen LogP contribution in [0.4, 0.5) is 18.9 Å². The number of piperazine rings is 1. The fourth-order valence-corrected chi connectivity index (χ4v) is 8.52. The zero-order valence-corrected chi connectivity index (χ0v) is 28.6. The molecular formula is C35H40ClF3N4O5S. The van der Waals surface area contributed by atoms with E-state index in [0.717, 1.165) is 22.9 Å². The molecule has 2 N–H and O–H groups in total. The predicted octanol–water partition coefficient (Wildman–Crippen LogP) is 6.51. The van der Waals surface area contributed by atoms with Crippen molar-refractivity contribution in [2.45, 2.75) is 63.1 Å². The Morgan fingerprint density at radius 3 is 2.27 bits per heavy atom. The van der Waals surface area contributed by atoms with Crippen LogP contribution in [-0.2, 0) is 20.7 Å². The number of rotatable bonds is 11. The second kappa shape index (κ2) is 15.0. The molecule has 3 aliphatic rings. The number of nitrogens with one attached hydrogen (secondary N) is 1. The summed E-state index contributed by atoms with van der Waals surface area (Å²) in [6, 6.07) is 12.7. The van der Waals surface area contributed by atoms with Crippen molar-refractivity contribution in [3.63, 3.8) is 0 Å². The lowest BCUT2D eigenvalue weighted by Crippen LogP contribution is -2.71. The molecule has 3 aromatic rings. The minimum atomic E-state index is -4.33. The molecule has 3 fully saturated rings. The van der Waals surface area contributed by atoms with Crippen molar-refractivity contribution in [2.24, 2.45) is 5.92 Å². The normalized spacial score (nSPS) is 22.6. The average Bonchev–Trinajstić information content (AvgIpc) is 3.76. The third-order valence-electron chi connectivity index (χ3n) is 9.83. The number of hydrogen-bond acceptors (Lipinski definition) is 8. The molecule has 9 nitrogen and oxygen atoms in total. The first-order valence-electron chi connectivity index (χ1n) is 16.7. The highest BCUT2D eigenvalue weighted by Gasteiger charge is 2.53. The van der Waals surface area contributed by atoms with Crippen molar-refractivity contribution in [3.8, 4) is 0 Å². The molecule has 1 saturated carbocycles. The number of amides is 1. The number of fused-ring (bicyclic) bond motifs is 1. The number of ketones is 1. The van der Waals surface area contributed by atoms with Crippen LogP contribution >= 0.6 is 22.9 Å². The van der Waals surface area contributed by atoms with Gasteiger partial charge >= 0.3 is 12.1 Å². The first-order valence-corrected chi connectivity index (χ1v) is 18.0. The summed E-state index contributed by atoms with van der Waals surface area (Å²) < 4.78 is 47.6. The number of carboxylic acid groups (broad SMARTS) is 1. The van der Waals surface area contributed by atoms with Crippen LogP contribution < -0.4 is 5.32 Å². The number of Topliss-reactive ketones (excluding diaryl/α,β-unsaturated/α-hetero) is 1. The lowest BCUT2D eigenvalue weighted by Gasteiger charge is -2.52. The average molecular weight is 721 g/mol. The highest BCUT2D eigenvalue weighted by Crippen LogP contribution is 2.37. The molecule has 6 rings (SSSR count). The number of thiophene rings is 1. The topological polar surface area (TPSA) is 102 Å². The van der Waals surface area contributed by atoms with Crippen LogP contribution in [0, 0.1) is 5.92 Å². The third-order valence-corrected chi connectivity index (χ3v) is 11.1. The van der Waals surface area contributed by atoms with Crippen molar-refractivity contribution in [1.29, 1.82) is 0 Å². The van der Waals surface area contributed by atoms with Crippen LogP contribution in [0.15, 0.2) is 47.8 Å². The number of anilines is 1. The van der Waals surface area contributed by atoms with Crippen molar-refractivity contribution < 1.29 is 37.4 Å². The highest BCUT2D eigenvalue weighted by atomic mass is 35.5. The van der Waals surface area contributed by atoms with E-state index < -0.39 is 30.5 Å². The molecule has 0 radical (unpaired) electrons. The summed E-state index contributed by atoms with van der Waals surface area (Å²) in [7, 11) is 0. The summed E-state index contributed by atoms with van der Waals surface area (Å²) in [5, 5.41) is 15.3. The van der Waals surface area contributed by atoms with Crippen molar-refractivity contribution in [2.75, 3.05) is 51.1 Å². The van der Waals surface area contributed by atoms with Crippen LogP contribution in [0.25, 0.3) is 10.1 Å². The molecule has 1 amide bonds. The number of carbonyl (C=O) groups is 3. The lowest BCUT2D eigenvalue weighted by molar-refractivity contribution is -0.262. The largest absolute Gasteiger partial charge is 0.481 e. The van der Waals surface area contributed by atoms with Gasteiger partial charge in [-0.25, -0.2) is 0 Å². The SMILES string of the molecule is O=C(Nc1ccc(CC(=O)C(OC2CCC(C(=O)O)CC2)(N2CCCC2)N2CCN(CC(F)(F)F)CC2)cc1Cl)c1csc2ccccc12. The van der Waals surface area contributed by atoms with E-state index in [1.807, 2.05) is 34.1 Å². The molecule has 49 heavy (non-hydrogen) atoms. The Morgan fingerprint density at radius 1 is 0.939 bits per heavy atom. The molecule has 264 valence electrons. The number of nitrogens with zero attached hydrogens (tertiary/aromatic N) is 3. The van der Waals surface area contributed by atoms with E-state index in [0.29, 0.717) is 55.6 Å². The maximum Gasteiger partial charge on any atom is 0.401 e. The van der Waals surface area contributed by atoms with Gasteiger partial charge in [-0.05, 0) is 62.3 Å². The lowest BCUT2D eigenvalue weighted by atomic mass is 9.87. The van der Waals surface area contributed by atoms with E-state index in [9.17, 15) is 32.7 Å². The molecule has 0 spiro atoms. The second-order valence-corrected chi connectivity index (χ2v) is 14.4. The van der Waals surface area contributed by atoms with Gasteiger partial charge in [0.2, 0.25) is 5.85 Å². The first-order chi connectivity index (χ1) is 23.4. The van der Waals surface area contributed by atoms with Crippen LogP contribution in [0.2, 0.25) is 5.02 Å². The molecule has 1 unspecified atom stereocenters. The Hall–Kier alpha value is -3.07. The molecule has 2 aromatic carbocycles. The maximum atomic E-state index is 14.7. The van der Waals surface area contributed by atoms with Crippen molar-refractivity contribution >= 4 is 56.4 Å². The van der Waals surface area contributed by atoms with E-state index in [1.165, 1.54) is 16.2 Å². The molecule has 3 heterocycles. The number of likely N-dealkylation sites (tertiary alicyclic amines) is 1. The number of carboxylic acids is 1. The summed E-state index contributed by atoms with van der Waals surface area (Å²) in [6.07, 6.45) is -1.31. The van der Waals surface area contributed by atoms with Gasteiger partial charge in [0.05, 0.1) is 34.8 Å². The minimum Gasteiger partial charge on any atom is -0.481 e. The van der Waals surface area contributed by atoms with Gasteiger partial charge in [0, 0.05) is 61.2 Å². The van der Waals surface area contributed by atoms with Gasteiger partial charge in [-0.3, -0.25) is 29.1 Å². The summed E-state index contributed by atoms with van der Waals surface area (Å²) in [4.78, 5) is 44.8. The van der Waals surface area contributed by atoms with Gasteiger partial charge in [-0.1, -0.05) is 35.9 Å². The maximum absolute atomic E-state index is 14.7. The number of ether oxygens (including phenoxy) is 1. The van der Waals surface area contributed by atoms with Crippen LogP contribution in [0.1, 0.15) is 54.4 Å². The van der Waals surface area contributed by atoms with E-state index in [-0.39, 0.29) is 55.4 Å². The van der Waals surface area contributed by atoms with Gasteiger partial charge in [0.15, 0.2) is 5.78 Å². The summed E-state index contributed by atoms with van der Waals surface area (Å²) in [6.45, 7) is 0.797. The smallest absolute Gasteiger partial charge is 0.401 e. The van der Waals surface area contributed by atoms with Gasteiger partial charge < -0.3 is 15.2 Å². The van der Waals surface area contributed by atoms with E-state index in [1.54, 1.807) is 23.6 Å². The minimum absolute atomic E-state index is 0.0626. The van der Waals surface area contributed by atoms with Crippen molar-refractivity contribution in [1.82, 2.24) is 14.7 Å². The Labute approximate surface area is 291 Å². The molecule has 1 aromatic heterocycles. The Bertz CT molecular complexity index is 1670. The summed E-state index contributed by atoms with van der Waals surface area (Å²) in [5.41, 5.74) is 1.54. The van der Waals surface area contributed by atoms with Crippen LogP contribution in [0.3, 0.4) is 0 Å². The van der Waals surface area contributed by atoms with Gasteiger partial charge in [-0.2, -0.15) is 13.2 Å². The van der Waals surface area contributed by atoms with E-state index in [2.05, 4.69) is 5.32 Å². The Kier molecular flexibility index (Phi) is 11.0. The standard InChI is InChI=1S/C35H40ClF3N4O5S/c36-28-19-23(7-12-29(28)40-32(45)27-21-49-30-6-2-1-5-26(27)30)20-31(44)35(42-13-3-4-14-42,48-25-10-8-24(9-11-25)33(46)47)43-17-15-41(16-18-43)22-34(37,38)39/h1-2,5-7,12,19,21,24-25H,3-4,8-11,13-18,20,22H2,(H,40,45)(H,46,47). The first kappa shape index (κ1) is 35.7. The Morgan fingerprint density at radius 2 is 1.61 bits per heavy atom. The molecule has 0 bridgehead atoms. The number of aliphatic carboxylic acids is 1. The summed E-state index contributed by atoms with van der Waals surface area (Å²) in [5.74, 6) is -3.40. The quantitative estimate of drug-likeness (QED) is 0.231.